The number of nitrogens with zero attached hydrogens (tertiary/aromatic N) is 3. The second-order valence-corrected chi connectivity index (χ2v) is 8.59. The Morgan fingerprint density at radius 3 is 2.40 bits per heavy atom. The number of benzene rings is 3. The molecule has 2 N–H and O–H groups in total. The topological polar surface area (TPSA) is 107 Å². The van der Waals surface area contributed by atoms with Gasteiger partial charge in [0, 0.05) is 18.3 Å². The minimum Gasteiger partial charge on any atom is -0.454 e. The van der Waals surface area contributed by atoms with Gasteiger partial charge in [-0.25, -0.2) is 4.79 Å². The van der Waals surface area contributed by atoms with Crippen molar-refractivity contribution in [3.8, 4) is 28.6 Å². The molecule has 176 valence electrons. The number of urea groups is 1. The average Bonchev–Trinajstić information content (AvgIpc) is 3.54. The summed E-state index contributed by atoms with van der Waals surface area (Å²) in [6, 6.07) is 23.8. The van der Waals surface area contributed by atoms with E-state index in [0.29, 0.717) is 22.5 Å². The number of rotatable bonds is 6. The number of carbonyl (C=O) groups excluding carboxylic acids is 2. The molecule has 4 aromatic rings. The van der Waals surface area contributed by atoms with Crippen molar-refractivity contribution in [3.63, 3.8) is 0 Å². The number of hydrogen-bond donors (Lipinski definition) is 2. The molecule has 0 saturated heterocycles. The van der Waals surface area contributed by atoms with Crippen LogP contribution in [0.1, 0.15) is 10.8 Å². The Labute approximate surface area is 205 Å². The second kappa shape index (κ2) is 9.90. The van der Waals surface area contributed by atoms with E-state index in [1.807, 2.05) is 83.4 Å². The molecule has 9 nitrogen and oxygen atoms in total. The predicted octanol–water partition coefficient (Wildman–Crippen LogP) is 3.95. The molecule has 35 heavy (non-hydrogen) atoms. The smallest absolute Gasteiger partial charge is 0.321 e. The van der Waals surface area contributed by atoms with Crippen molar-refractivity contribution in [2.75, 3.05) is 13.8 Å². The molecule has 10 heteroatoms. The third kappa shape index (κ3) is 4.69. The van der Waals surface area contributed by atoms with E-state index in [-0.39, 0.29) is 6.79 Å². The molecular formula is C25H21N5O4S. The van der Waals surface area contributed by atoms with Gasteiger partial charge < -0.3 is 14.8 Å². The summed E-state index contributed by atoms with van der Waals surface area (Å²) in [4.78, 5) is 25.0. The minimum atomic E-state index is -0.746. The van der Waals surface area contributed by atoms with Crippen molar-refractivity contribution in [3.05, 3.63) is 84.4 Å². The Morgan fingerprint density at radius 2 is 1.66 bits per heavy atom. The number of ether oxygens (including phenoxy) is 2. The molecule has 1 aromatic heterocycles. The fraction of sp³-hybridized carbons (Fsp3) is 0.120. The van der Waals surface area contributed by atoms with Gasteiger partial charge in [-0.3, -0.25) is 14.7 Å². The first-order chi connectivity index (χ1) is 17.1. The van der Waals surface area contributed by atoms with E-state index in [0.717, 1.165) is 16.8 Å². The zero-order valence-electron chi connectivity index (χ0n) is 18.7. The van der Waals surface area contributed by atoms with Gasteiger partial charge >= 0.3 is 6.03 Å². The van der Waals surface area contributed by atoms with E-state index in [1.54, 1.807) is 0 Å². The molecule has 0 fully saturated rings. The normalized spacial score (nSPS) is 12.7. The molecular weight excluding hydrogens is 466 g/mol. The van der Waals surface area contributed by atoms with Gasteiger partial charge in [-0.2, -0.15) is 0 Å². The summed E-state index contributed by atoms with van der Waals surface area (Å²) in [5.41, 5.74) is 2.33. The van der Waals surface area contributed by atoms with Crippen LogP contribution in [0.5, 0.6) is 11.5 Å². The maximum Gasteiger partial charge on any atom is 0.321 e. The van der Waals surface area contributed by atoms with E-state index in [2.05, 4.69) is 20.8 Å². The highest BCUT2D eigenvalue weighted by atomic mass is 32.2. The monoisotopic (exact) mass is 487 g/mol. The van der Waals surface area contributed by atoms with Gasteiger partial charge in [0.1, 0.15) is 5.25 Å². The van der Waals surface area contributed by atoms with Crippen LogP contribution in [0.4, 0.5) is 4.79 Å². The summed E-state index contributed by atoms with van der Waals surface area (Å²) in [5, 5.41) is 13.4. The van der Waals surface area contributed by atoms with Gasteiger partial charge in [0.25, 0.3) is 0 Å². The van der Waals surface area contributed by atoms with Gasteiger partial charge in [0.05, 0.1) is 0 Å². The molecule has 0 bridgehead atoms. The molecule has 3 amide bonds. The molecule has 2 heterocycles. The van der Waals surface area contributed by atoms with Crippen LogP contribution in [0.2, 0.25) is 0 Å². The predicted molar refractivity (Wildman–Crippen MR) is 131 cm³/mol. The van der Waals surface area contributed by atoms with E-state index >= 15 is 0 Å². The van der Waals surface area contributed by atoms with Crippen LogP contribution < -0.4 is 20.1 Å². The number of aromatic nitrogens is 3. The molecule has 0 radical (unpaired) electrons. The lowest BCUT2D eigenvalue weighted by molar-refractivity contribution is -0.119. The molecule has 1 aliphatic heterocycles. The summed E-state index contributed by atoms with van der Waals surface area (Å²) in [6.07, 6.45) is 0. The number of imide groups is 1. The van der Waals surface area contributed by atoms with Crippen LogP contribution in [0, 0.1) is 0 Å². The number of para-hydroxylation sites is 1. The number of fused-ring (bicyclic) bond motifs is 1. The molecule has 1 aliphatic rings. The van der Waals surface area contributed by atoms with Gasteiger partial charge in [0.2, 0.25) is 12.7 Å². The Balaban J connectivity index is 1.58. The van der Waals surface area contributed by atoms with Crippen molar-refractivity contribution in [2.45, 2.75) is 10.4 Å². The van der Waals surface area contributed by atoms with Gasteiger partial charge in [0.15, 0.2) is 22.5 Å². The Hall–Kier alpha value is -4.31. The Morgan fingerprint density at radius 1 is 0.943 bits per heavy atom. The summed E-state index contributed by atoms with van der Waals surface area (Å²) in [6.45, 7) is 0.171. The number of hydrogen-bond acceptors (Lipinski definition) is 7. The van der Waals surface area contributed by atoms with Gasteiger partial charge in [-0.15, -0.1) is 10.2 Å². The lowest BCUT2D eigenvalue weighted by Gasteiger charge is -2.17. The second-order valence-electron chi connectivity index (χ2n) is 7.52. The molecule has 3 aromatic carbocycles. The first kappa shape index (κ1) is 22.5. The molecule has 0 aliphatic carbocycles. The largest absolute Gasteiger partial charge is 0.454 e. The third-order valence-corrected chi connectivity index (χ3v) is 6.50. The highest BCUT2D eigenvalue weighted by molar-refractivity contribution is 8.00. The van der Waals surface area contributed by atoms with Crippen molar-refractivity contribution < 1.29 is 19.1 Å². The maximum atomic E-state index is 13.1. The van der Waals surface area contributed by atoms with E-state index in [1.165, 1.54) is 18.8 Å². The van der Waals surface area contributed by atoms with Crippen LogP contribution in [0.3, 0.4) is 0 Å². The van der Waals surface area contributed by atoms with Crippen LogP contribution >= 0.6 is 11.8 Å². The summed E-state index contributed by atoms with van der Waals surface area (Å²) >= 11 is 1.21. The van der Waals surface area contributed by atoms with Crippen LogP contribution in [-0.2, 0) is 4.79 Å². The van der Waals surface area contributed by atoms with Crippen LogP contribution in [0.25, 0.3) is 17.1 Å². The standard InChI is InChI=1S/C25H21N5O4S/c1-26-24(32)27-23(31)21(16-8-4-2-5-9-16)35-25-29-28-22(30(25)18-10-6-3-7-11-18)17-12-13-19-20(14-17)34-15-33-19/h2-14,21H,15H2,1H3,(H2,26,27,31,32)/t21-/m0/s1. The molecule has 0 unspecified atom stereocenters. The highest BCUT2D eigenvalue weighted by Gasteiger charge is 2.28. The summed E-state index contributed by atoms with van der Waals surface area (Å²) in [7, 11) is 1.46. The molecule has 0 saturated carbocycles. The minimum absolute atomic E-state index is 0.171. The third-order valence-electron chi connectivity index (χ3n) is 5.31. The van der Waals surface area contributed by atoms with Gasteiger partial charge in [-0.05, 0) is 35.9 Å². The average molecular weight is 488 g/mol. The van der Waals surface area contributed by atoms with Crippen molar-refractivity contribution in [2.24, 2.45) is 0 Å². The van der Waals surface area contributed by atoms with Crippen molar-refractivity contribution in [1.82, 2.24) is 25.4 Å². The molecule has 5 rings (SSSR count). The first-order valence-corrected chi connectivity index (χ1v) is 11.7. The van der Waals surface area contributed by atoms with E-state index in [9.17, 15) is 9.59 Å². The maximum absolute atomic E-state index is 13.1. The lowest BCUT2D eigenvalue weighted by atomic mass is 10.1. The Bertz CT molecular complexity index is 1360. The van der Waals surface area contributed by atoms with E-state index in [4.69, 9.17) is 9.47 Å². The quantitative estimate of drug-likeness (QED) is 0.397. The zero-order chi connectivity index (χ0) is 24.2. The fourth-order valence-electron chi connectivity index (χ4n) is 3.62. The van der Waals surface area contributed by atoms with E-state index < -0.39 is 17.2 Å². The number of carbonyl (C=O) groups is 2. The first-order valence-electron chi connectivity index (χ1n) is 10.8. The number of amides is 3. The van der Waals surface area contributed by atoms with Gasteiger partial charge in [-0.1, -0.05) is 60.3 Å². The van der Waals surface area contributed by atoms with Crippen LogP contribution in [0.15, 0.2) is 84.0 Å². The molecule has 0 spiro atoms. The fourth-order valence-corrected chi connectivity index (χ4v) is 4.68. The lowest BCUT2D eigenvalue weighted by Crippen LogP contribution is -2.39. The highest BCUT2D eigenvalue weighted by Crippen LogP contribution is 2.40. The zero-order valence-corrected chi connectivity index (χ0v) is 19.5. The summed E-state index contributed by atoms with van der Waals surface area (Å²) < 4.78 is 12.9. The summed E-state index contributed by atoms with van der Waals surface area (Å²) in [5.74, 6) is 1.42. The Kier molecular flexibility index (Phi) is 6.36. The SMILES string of the molecule is CNC(=O)NC(=O)[C@@H](Sc1nnc(-c2ccc3c(c2)OCO3)n1-c1ccccc1)c1ccccc1. The van der Waals surface area contributed by atoms with Crippen molar-refractivity contribution in [1.29, 1.82) is 0 Å². The molecule has 1 atom stereocenters. The van der Waals surface area contributed by atoms with Crippen LogP contribution in [-0.4, -0.2) is 40.5 Å². The number of nitrogens with one attached hydrogen (secondary N) is 2. The van der Waals surface area contributed by atoms with Crippen molar-refractivity contribution >= 4 is 23.7 Å². The number of thioether (sulfide) groups is 1.